The highest BCUT2D eigenvalue weighted by molar-refractivity contribution is 5.96. The Kier molecular flexibility index (Phi) is 5.84. The molecule has 2 aromatic carbocycles. The highest BCUT2D eigenvalue weighted by Crippen LogP contribution is 2.20. The number of amides is 2. The van der Waals surface area contributed by atoms with Crippen molar-refractivity contribution in [3.8, 4) is 0 Å². The molecule has 6 heteroatoms. The Bertz CT molecular complexity index is 820. The van der Waals surface area contributed by atoms with E-state index in [-0.39, 0.29) is 36.5 Å². The second-order valence-corrected chi connectivity index (χ2v) is 6.97. The van der Waals surface area contributed by atoms with E-state index in [0.717, 1.165) is 25.0 Å². The Hall–Kier alpha value is -2.76. The van der Waals surface area contributed by atoms with E-state index >= 15 is 0 Å². The number of benzene rings is 2. The number of aryl methyl sites for hydroxylation is 1. The Morgan fingerprint density at radius 3 is 2.48 bits per heavy atom. The number of hydrogen-bond acceptors (Lipinski definition) is 2. The van der Waals surface area contributed by atoms with Crippen molar-refractivity contribution in [2.24, 2.45) is 5.92 Å². The first-order valence-corrected chi connectivity index (χ1v) is 9.02. The van der Waals surface area contributed by atoms with Crippen molar-refractivity contribution >= 4 is 11.8 Å². The van der Waals surface area contributed by atoms with Gasteiger partial charge in [-0.15, -0.1) is 0 Å². The third-order valence-corrected chi connectivity index (χ3v) is 4.80. The summed E-state index contributed by atoms with van der Waals surface area (Å²) >= 11 is 0. The Morgan fingerprint density at radius 1 is 1.11 bits per heavy atom. The largest absolute Gasteiger partial charge is 0.353 e. The van der Waals surface area contributed by atoms with Gasteiger partial charge in [-0.3, -0.25) is 9.59 Å². The van der Waals surface area contributed by atoms with Gasteiger partial charge < -0.3 is 10.2 Å². The molecule has 0 spiro atoms. The van der Waals surface area contributed by atoms with Gasteiger partial charge in [0.15, 0.2) is 11.6 Å². The van der Waals surface area contributed by atoms with E-state index in [2.05, 4.69) is 17.4 Å². The van der Waals surface area contributed by atoms with E-state index in [4.69, 9.17) is 0 Å². The molecule has 0 aromatic heterocycles. The molecule has 1 heterocycles. The van der Waals surface area contributed by atoms with Gasteiger partial charge in [0.2, 0.25) is 5.91 Å². The number of likely N-dealkylation sites (tertiary alicyclic amines) is 1. The zero-order chi connectivity index (χ0) is 19.4. The van der Waals surface area contributed by atoms with Gasteiger partial charge >= 0.3 is 0 Å². The zero-order valence-electron chi connectivity index (χ0n) is 15.1. The quantitative estimate of drug-likeness (QED) is 0.847. The van der Waals surface area contributed by atoms with Crippen molar-refractivity contribution in [2.45, 2.75) is 25.8 Å². The lowest BCUT2D eigenvalue weighted by atomic mass is 9.97. The minimum absolute atomic E-state index is 0.0358. The molecule has 1 atom stereocenters. The van der Waals surface area contributed by atoms with Gasteiger partial charge in [-0.2, -0.15) is 0 Å². The van der Waals surface area contributed by atoms with Crippen LogP contribution in [-0.4, -0.2) is 35.8 Å². The smallest absolute Gasteiger partial charge is 0.254 e. The van der Waals surface area contributed by atoms with Crippen LogP contribution >= 0.6 is 0 Å². The maximum Gasteiger partial charge on any atom is 0.254 e. The number of hydrogen-bond donors (Lipinski definition) is 1. The molecule has 27 heavy (non-hydrogen) atoms. The lowest BCUT2D eigenvalue weighted by molar-refractivity contribution is -0.129. The SMILES string of the molecule is C[C@@H](CCc1ccccc1)NC(=O)C1CN(C(=O)c2ccc(F)c(F)c2)C1. The van der Waals surface area contributed by atoms with Gasteiger partial charge in [-0.1, -0.05) is 30.3 Å². The highest BCUT2D eigenvalue weighted by atomic mass is 19.2. The number of nitrogens with one attached hydrogen (secondary N) is 1. The van der Waals surface area contributed by atoms with Gasteiger partial charge in [0, 0.05) is 24.7 Å². The minimum atomic E-state index is -1.05. The molecule has 0 radical (unpaired) electrons. The molecule has 2 amide bonds. The number of carbonyl (C=O) groups excluding carboxylic acids is 2. The summed E-state index contributed by atoms with van der Waals surface area (Å²) in [7, 11) is 0. The Morgan fingerprint density at radius 2 is 1.81 bits per heavy atom. The molecule has 0 aliphatic carbocycles. The predicted molar refractivity (Wildman–Crippen MR) is 98.1 cm³/mol. The molecule has 4 nitrogen and oxygen atoms in total. The van der Waals surface area contributed by atoms with Gasteiger partial charge in [-0.25, -0.2) is 8.78 Å². The first kappa shape index (κ1) is 19.0. The molecule has 1 aliphatic rings. The fourth-order valence-corrected chi connectivity index (χ4v) is 3.08. The van der Waals surface area contributed by atoms with E-state index in [1.54, 1.807) is 0 Å². The maximum absolute atomic E-state index is 13.3. The summed E-state index contributed by atoms with van der Waals surface area (Å²) in [4.78, 5) is 26.0. The van der Waals surface area contributed by atoms with E-state index < -0.39 is 17.5 Å². The van der Waals surface area contributed by atoms with Gasteiger partial charge in [0.25, 0.3) is 5.91 Å². The van der Waals surface area contributed by atoms with Gasteiger partial charge in [0.05, 0.1) is 5.92 Å². The zero-order valence-corrected chi connectivity index (χ0v) is 15.1. The second kappa shape index (κ2) is 8.29. The van der Waals surface area contributed by atoms with Crippen LogP contribution in [0, 0.1) is 17.6 Å². The van der Waals surface area contributed by atoms with Crippen molar-refractivity contribution in [1.82, 2.24) is 10.2 Å². The molecule has 1 aliphatic heterocycles. The number of carbonyl (C=O) groups is 2. The molecule has 0 bridgehead atoms. The molecule has 0 unspecified atom stereocenters. The molecule has 1 N–H and O–H groups in total. The monoisotopic (exact) mass is 372 g/mol. The van der Waals surface area contributed by atoms with Crippen LogP contribution in [0.25, 0.3) is 0 Å². The third kappa shape index (κ3) is 4.70. The van der Waals surface area contributed by atoms with Gasteiger partial charge in [0.1, 0.15) is 0 Å². The summed E-state index contributed by atoms with van der Waals surface area (Å²) in [6, 6.07) is 13.2. The molecular formula is C21H22F2N2O2. The topological polar surface area (TPSA) is 49.4 Å². The van der Waals surface area contributed by atoms with Crippen LogP contribution < -0.4 is 5.32 Å². The molecule has 1 fully saturated rings. The normalized spacial score (nSPS) is 15.1. The molecular weight excluding hydrogens is 350 g/mol. The lowest BCUT2D eigenvalue weighted by Gasteiger charge is -2.38. The molecule has 0 saturated carbocycles. The minimum Gasteiger partial charge on any atom is -0.353 e. The van der Waals surface area contributed by atoms with E-state index in [1.807, 2.05) is 25.1 Å². The third-order valence-electron chi connectivity index (χ3n) is 4.80. The van der Waals surface area contributed by atoms with Crippen LogP contribution in [0.4, 0.5) is 8.78 Å². The van der Waals surface area contributed by atoms with Crippen LogP contribution in [-0.2, 0) is 11.2 Å². The first-order valence-electron chi connectivity index (χ1n) is 9.02. The average Bonchev–Trinajstić information content (AvgIpc) is 2.61. The fourth-order valence-electron chi connectivity index (χ4n) is 3.08. The first-order chi connectivity index (χ1) is 12.9. The summed E-state index contributed by atoms with van der Waals surface area (Å²) in [6.45, 7) is 2.54. The van der Waals surface area contributed by atoms with E-state index in [1.165, 1.54) is 16.5 Å². The number of rotatable bonds is 6. The predicted octanol–water partition coefficient (Wildman–Crippen LogP) is 3.17. The fraction of sp³-hybridized carbons (Fsp3) is 0.333. The van der Waals surface area contributed by atoms with Gasteiger partial charge in [-0.05, 0) is 43.5 Å². The maximum atomic E-state index is 13.3. The molecule has 1 saturated heterocycles. The standard InChI is InChI=1S/C21H22F2N2O2/c1-14(7-8-15-5-3-2-4-6-15)24-20(26)17-12-25(13-17)21(27)16-9-10-18(22)19(23)11-16/h2-6,9-11,14,17H,7-8,12-13H2,1H3,(H,24,26)/t14-/m0/s1. The highest BCUT2D eigenvalue weighted by Gasteiger charge is 2.36. The van der Waals surface area contributed by atoms with E-state index in [9.17, 15) is 18.4 Å². The number of halogens is 2. The summed E-state index contributed by atoms with van der Waals surface area (Å²) in [5.74, 6) is -2.78. The summed E-state index contributed by atoms with van der Waals surface area (Å²) in [5, 5.41) is 2.98. The van der Waals surface area contributed by atoms with Crippen molar-refractivity contribution in [3.63, 3.8) is 0 Å². The van der Waals surface area contributed by atoms with Crippen LogP contribution in [0.1, 0.15) is 29.3 Å². The van der Waals surface area contributed by atoms with Crippen molar-refractivity contribution < 1.29 is 18.4 Å². The average molecular weight is 372 g/mol. The summed E-state index contributed by atoms with van der Waals surface area (Å²) in [6.07, 6.45) is 1.72. The molecule has 3 rings (SSSR count). The Labute approximate surface area is 157 Å². The van der Waals surface area contributed by atoms with Crippen LogP contribution in [0.15, 0.2) is 48.5 Å². The van der Waals surface area contributed by atoms with E-state index in [0.29, 0.717) is 0 Å². The van der Waals surface area contributed by atoms with Crippen molar-refractivity contribution in [2.75, 3.05) is 13.1 Å². The molecule has 142 valence electrons. The summed E-state index contributed by atoms with van der Waals surface area (Å²) in [5.41, 5.74) is 1.31. The van der Waals surface area contributed by atoms with Crippen molar-refractivity contribution in [3.05, 3.63) is 71.3 Å². The second-order valence-electron chi connectivity index (χ2n) is 6.97. The van der Waals surface area contributed by atoms with Crippen LogP contribution in [0.5, 0.6) is 0 Å². The van der Waals surface area contributed by atoms with Crippen molar-refractivity contribution in [1.29, 1.82) is 0 Å². The van der Waals surface area contributed by atoms with Crippen LogP contribution in [0.2, 0.25) is 0 Å². The van der Waals surface area contributed by atoms with Crippen LogP contribution in [0.3, 0.4) is 0 Å². The Balaban J connectivity index is 1.43. The molecule has 2 aromatic rings. The summed E-state index contributed by atoms with van der Waals surface area (Å²) < 4.78 is 26.2. The lowest BCUT2D eigenvalue weighted by Crippen LogP contribution is -2.56. The number of nitrogens with zero attached hydrogens (tertiary/aromatic N) is 1.